The summed E-state index contributed by atoms with van der Waals surface area (Å²) < 4.78 is 13.4. The fourth-order valence-corrected chi connectivity index (χ4v) is 4.01. The number of rotatable bonds is 6. The highest BCUT2D eigenvalue weighted by Crippen LogP contribution is 2.38. The second kappa shape index (κ2) is 8.78. The maximum Gasteiger partial charge on any atom is 0.319 e. The summed E-state index contributed by atoms with van der Waals surface area (Å²) in [6.07, 6.45) is 7.78. The number of aromatic nitrogens is 1. The molecule has 0 atom stereocenters. The van der Waals surface area contributed by atoms with E-state index in [1.165, 1.54) is 6.07 Å². The average Bonchev–Trinajstić information content (AvgIpc) is 3.12. The number of pyridine rings is 1. The summed E-state index contributed by atoms with van der Waals surface area (Å²) in [5, 5.41) is 9.83. The molecule has 150 valence electrons. The maximum absolute atomic E-state index is 13.4. The third kappa shape index (κ3) is 4.93. The van der Waals surface area contributed by atoms with Crippen molar-refractivity contribution in [3.63, 3.8) is 0 Å². The van der Waals surface area contributed by atoms with Gasteiger partial charge >= 0.3 is 6.03 Å². The van der Waals surface area contributed by atoms with Crippen molar-refractivity contribution in [1.82, 2.24) is 10.3 Å². The molecule has 0 spiro atoms. The zero-order valence-electron chi connectivity index (χ0n) is 16.2. The molecule has 1 fully saturated rings. The van der Waals surface area contributed by atoms with Gasteiger partial charge in [-0.25, -0.2) is 9.18 Å². The van der Waals surface area contributed by atoms with Crippen LogP contribution in [-0.4, -0.2) is 24.1 Å². The van der Waals surface area contributed by atoms with Gasteiger partial charge in [0.15, 0.2) is 0 Å². The van der Waals surface area contributed by atoms with Crippen LogP contribution in [0.5, 0.6) is 0 Å². The molecule has 1 aliphatic rings. The monoisotopic (exact) mass is 404 g/mol. The maximum atomic E-state index is 13.4. The third-order valence-corrected chi connectivity index (χ3v) is 5.72. The molecule has 1 aromatic carbocycles. The number of nitrogens with one attached hydrogen (secondary N) is 3. The number of aryl methyl sites for hydroxylation is 2. The number of nitrogens with zero attached hydrogens (tertiary/aromatic N) is 1. The van der Waals surface area contributed by atoms with Crippen LogP contribution in [0, 0.1) is 25.1 Å². The van der Waals surface area contributed by atoms with Gasteiger partial charge in [-0.15, -0.1) is 0 Å². The van der Waals surface area contributed by atoms with E-state index in [0.29, 0.717) is 22.8 Å². The number of anilines is 2. The first-order chi connectivity index (χ1) is 13.4. The lowest BCUT2D eigenvalue weighted by Crippen LogP contribution is -2.42. The largest absolute Gasteiger partial charge is 0.383 e. The molecule has 1 saturated carbocycles. The lowest BCUT2D eigenvalue weighted by Gasteiger charge is -2.30. The van der Waals surface area contributed by atoms with E-state index in [1.54, 1.807) is 31.5 Å². The van der Waals surface area contributed by atoms with Crippen molar-refractivity contribution in [2.45, 2.75) is 39.5 Å². The molecule has 1 aromatic heterocycles. The molecule has 0 bridgehead atoms. The number of hydrogen-bond donors (Lipinski definition) is 3. The molecular weight excluding hydrogens is 379 g/mol. The summed E-state index contributed by atoms with van der Waals surface area (Å²) in [7, 11) is 0. The molecule has 2 amide bonds. The Kier molecular flexibility index (Phi) is 6.39. The first kappa shape index (κ1) is 20.4. The standard InChI is InChI=1S/C21H26ClFN4O/c1-14-9-16(5-6-18(14)23)27-20(28)26-13-21(7-3-4-8-21)12-25-19-15(2)10-24-11-17(19)22/h5-6,9-11H,3-4,7-8,12-13H2,1-2H3,(H,24,25)(H2,26,27,28). The molecule has 7 heteroatoms. The normalized spacial score (nSPS) is 15.3. The van der Waals surface area contributed by atoms with Gasteiger partial charge in [-0.05, 0) is 56.0 Å². The van der Waals surface area contributed by atoms with E-state index in [0.717, 1.165) is 43.5 Å². The molecule has 1 aliphatic carbocycles. The Balaban J connectivity index is 1.59. The zero-order valence-corrected chi connectivity index (χ0v) is 17.0. The van der Waals surface area contributed by atoms with Crippen LogP contribution in [0.15, 0.2) is 30.6 Å². The predicted molar refractivity (Wildman–Crippen MR) is 112 cm³/mol. The van der Waals surface area contributed by atoms with E-state index in [-0.39, 0.29) is 17.3 Å². The van der Waals surface area contributed by atoms with Crippen LogP contribution in [0.25, 0.3) is 0 Å². The van der Waals surface area contributed by atoms with Gasteiger partial charge in [0.1, 0.15) is 5.82 Å². The van der Waals surface area contributed by atoms with E-state index < -0.39 is 0 Å². The van der Waals surface area contributed by atoms with E-state index >= 15 is 0 Å². The second-order valence-corrected chi connectivity index (χ2v) is 8.05. The van der Waals surface area contributed by atoms with Crippen LogP contribution in [0.4, 0.5) is 20.6 Å². The third-order valence-electron chi connectivity index (χ3n) is 5.43. The highest BCUT2D eigenvalue weighted by atomic mass is 35.5. The van der Waals surface area contributed by atoms with Gasteiger partial charge in [-0.2, -0.15) is 0 Å². The van der Waals surface area contributed by atoms with Crippen molar-refractivity contribution in [1.29, 1.82) is 0 Å². The Labute approximate surface area is 170 Å². The lowest BCUT2D eigenvalue weighted by molar-refractivity contribution is 0.241. The first-order valence-electron chi connectivity index (χ1n) is 9.54. The van der Waals surface area contributed by atoms with E-state index in [2.05, 4.69) is 20.9 Å². The lowest BCUT2D eigenvalue weighted by atomic mass is 9.86. The molecule has 1 heterocycles. The summed E-state index contributed by atoms with van der Waals surface area (Å²) in [6.45, 7) is 4.93. The van der Waals surface area contributed by atoms with Crippen LogP contribution < -0.4 is 16.0 Å². The topological polar surface area (TPSA) is 66.1 Å². The van der Waals surface area contributed by atoms with Gasteiger partial charge in [0.2, 0.25) is 0 Å². The fraction of sp³-hybridized carbons (Fsp3) is 0.429. The number of carbonyl (C=O) groups is 1. The number of amides is 2. The van der Waals surface area contributed by atoms with Crippen LogP contribution in [0.1, 0.15) is 36.8 Å². The molecule has 0 saturated heterocycles. The van der Waals surface area contributed by atoms with Crippen LogP contribution in [0.2, 0.25) is 5.02 Å². The van der Waals surface area contributed by atoms with Gasteiger partial charge in [0, 0.05) is 36.6 Å². The summed E-state index contributed by atoms with van der Waals surface area (Å²) in [5.74, 6) is -0.285. The molecule has 3 rings (SSSR count). The van der Waals surface area contributed by atoms with Gasteiger partial charge in [-0.3, -0.25) is 4.98 Å². The molecule has 3 N–H and O–H groups in total. The number of hydrogen-bond acceptors (Lipinski definition) is 3. The number of urea groups is 1. The smallest absolute Gasteiger partial charge is 0.319 e. The SMILES string of the molecule is Cc1cc(NC(=O)NCC2(CNc3c(C)cncc3Cl)CCCC2)ccc1F. The van der Waals surface area contributed by atoms with Crippen molar-refractivity contribution in [2.24, 2.45) is 5.41 Å². The van der Waals surface area contributed by atoms with E-state index in [9.17, 15) is 9.18 Å². The Hall–Kier alpha value is -2.34. The fourth-order valence-electron chi connectivity index (χ4n) is 3.74. The molecule has 2 aromatic rings. The Morgan fingerprint density at radius 2 is 1.93 bits per heavy atom. The Morgan fingerprint density at radius 1 is 1.18 bits per heavy atom. The first-order valence-corrected chi connectivity index (χ1v) is 9.91. The molecule has 0 radical (unpaired) electrons. The summed E-state index contributed by atoms with van der Waals surface area (Å²) >= 11 is 6.27. The van der Waals surface area contributed by atoms with Crippen molar-refractivity contribution in [2.75, 3.05) is 23.7 Å². The minimum atomic E-state index is -0.285. The average molecular weight is 405 g/mol. The van der Waals surface area contributed by atoms with Crippen molar-refractivity contribution in [3.05, 3.63) is 52.6 Å². The highest BCUT2D eigenvalue weighted by Gasteiger charge is 2.34. The van der Waals surface area contributed by atoms with Crippen molar-refractivity contribution < 1.29 is 9.18 Å². The van der Waals surface area contributed by atoms with Gasteiger partial charge in [0.25, 0.3) is 0 Å². The molecule has 28 heavy (non-hydrogen) atoms. The summed E-state index contributed by atoms with van der Waals surface area (Å²) in [5.41, 5.74) is 2.95. The number of halogens is 2. The second-order valence-electron chi connectivity index (χ2n) is 7.65. The highest BCUT2D eigenvalue weighted by molar-refractivity contribution is 6.33. The molecule has 0 aliphatic heterocycles. The van der Waals surface area contributed by atoms with Gasteiger partial charge in [0.05, 0.1) is 10.7 Å². The zero-order chi connectivity index (χ0) is 20.1. The number of carbonyl (C=O) groups excluding carboxylic acids is 1. The Morgan fingerprint density at radius 3 is 2.61 bits per heavy atom. The van der Waals surface area contributed by atoms with Crippen molar-refractivity contribution in [3.8, 4) is 0 Å². The van der Waals surface area contributed by atoms with Gasteiger partial charge < -0.3 is 16.0 Å². The number of benzene rings is 1. The quantitative estimate of drug-likeness (QED) is 0.613. The Bertz CT molecular complexity index is 832. The molecular formula is C21H26ClFN4O. The summed E-state index contributed by atoms with van der Waals surface area (Å²) in [6, 6.07) is 4.25. The molecule has 0 unspecified atom stereocenters. The van der Waals surface area contributed by atoms with Gasteiger partial charge in [-0.1, -0.05) is 24.4 Å². The van der Waals surface area contributed by atoms with Crippen LogP contribution in [0.3, 0.4) is 0 Å². The van der Waals surface area contributed by atoms with E-state index in [4.69, 9.17) is 11.6 Å². The summed E-state index contributed by atoms with van der Waals surface area (Å²) in [4.78, 5) is 16.4. The van der Waals surface area contributed by atoms with Crippen LogP contribution >= 0.6 is 11.6 Å². The van der Waals surface area contributed by atoms with E-state index in [1.807, 2.05) is 6.92 Å². The van der Waals surface area contributed by atoms with Crippen LogP contribution in [-0.2, 0) is 0 Å². The minimum absolute atomic E-state index is 0.0188. The predicted octanol–water partition coefficient (Wildman–Crippen LogP) is 5.28. The minimum Gasteiger partial charge on any atom is -0.383 e. The van der Waals surface area contributed by atoms with Crippen molar-refractivity contribution >= 4 is 29.0 Å². The molecule has 5 nitrogen and oxygen atoms in total.